The molecule has 4 aromatic rings. The summed E-state index contributed by atoms with van der Waals surface area (Å²) in [6, 6.07) is 25.9. The fourth-order valence-corrected chi connectivity index (χ4v) is 4.00. The molecule has 4 rings (SSSR count). The maximum Gasteiger partial charge on any atom is 0.143 e. The van der Waals surface area contributed by atoms with Crippen molar-refractivity contribution in [2.75, 3.05) is 20.8 Å². The zero-order valence-corrected chi connectivity index (χ0v) is 19.7. The quantitative estimate of drug-likeness (QED) is 0.183. The standard InChI is InChI=1S/C28H27N3O4/c1-33-26-14-10-23(11-15-26)28(22-7-4-3-5-8-22,24-12-16-27(34-2)17-13-24)35-20-18-31-21-25(29-30-31)9-6-19-32/h3-17,19,21H,18,20H2,1-2H3/b9-6+. The minimum Gasteiger partial charge on any atom is -0.497 e. The number of hydrogen-bond donors (Lipinski definition) is 0. The highest BCUT2D eigenvalue weighted by Gasteiger charge is 2.37. The Bertz CT molecular complexity index is 1200. The molecule has 3 aromatic carbocycles. The van der Waals surface area contributed by atoms with Crippen LogP contribution in [0.4, 0.5) is 0 Å². The van der Waals surface area contributed by atoms with Crippen molar-refractivity contribution in [2.24, 2.45) is 0 Å². The highest BCUT2D eigenvalue weighted by Crippen LogP contribution is 2.41. The van der Waals surface area contributed by atoms with Crippen molar-refractivity contribution in [1.82, 2.24) is 15.0 Å². The van der Waals surface area contributed by atoms with Gasteiger partial charge in [-0.05, 0) is 53.1 Å². The molecule has 0 N–H and O–H groups in total. The lowest BCUT2D eigenvalue weighted by Gasteiger charge is -2.36. The number of benzene rings is 3. The van der Waals surface area contributed by atoms with Crippen LogP contribution in [-0.2, 0) is 21.7 Å². The lowest BCUT2D eigenvalue weighted by molar-refractivity contribution is -0.104. The average molecular weight is 470 g/mol. The highest BCUT2D eigenvalue weighted by atomic mass is 16.5. The van der Waals surface area contributed by atoms with E-state index in [-0.39, 0.29) is 0 Å². The predicted octanol–water partition coefficient (Wildman–Crippen LogP) is 4.52. The Morgan fingerprint density at radius 2 is 1.40 bits per heavy atom. The van der Waals surface area contributed by atoms with E-state index in [1.165, 1.54) is 6.08 Å². The first kappa shape index (κ1) is 23.9. The van der Waals surface area contributed by atoms with Gasteiger partial charge in [-0.2, -0.15) is 0 Å². The number of aldehydes is 1. The van der Waals surface area contributed by atoms with Crippen LogP contribution in [0.25, 0.3) is 6.08 Å². The molecule has 0 unspecified atom stereocenters. The summed E-state index contributed by atoms with van der Waals surface area (Å²) in [5.74, 6) is 1.54. The van der Waals surface area contributed by atoms with Crippen molar-refractivity contribution in [2.45, 2.75) is 12.1 Å². The number of aromatic nitrogens is 3. The molecule has 0 atom stereocenters. The lowest BCUT2D eigenvalue weighted by atomic mass is 9.80. The Hall–Kier alpha value is -4.23. The zero-order chi connectivity index (χ0) is 24.5. The molecule has 0 spiro atoms. The van der Waals surface area contributed by atoms with E-state index in [9.17, 15) is 4.79 Å². The van der Waals surface area contributed by atoms with Gasteiger partial charge in [0.25, 0.3) is 0 Å². The molecule has 0 saturated carbocycles. The van der Waals surface area contributed by atoms with Crippen LogP contribution in [-0.4, -0.2) is 42.1 Å². The molecule has 7 nitrogen and oxygen atoms in total. The fraction of sp³-hybridized carbons (Fsp3) is 0.179. The van der Waals surface area contributed by atoms with Crippen molar-refractivity contribution in [3.05, 3.63) is 114 Å². The number of carbonyl (C=O) groups is 1. The SMILES string of the molecule is COc1ccc(C(OCCn2cc(/C=C/C=O)nn2)(c2ccccc2)c2ccc(OC)cc2)cc1. The zero-order valence-electron chi connectivity index (χ0n) is 19.7. The van der Waals surface area contributed by atoms with Gasteiger partial charge in [-0.3, -0.25) is 4.79 Å². The average Bonchev–Trinajstić information content (AvgIpc) is 3.38. The van der Waals surface area contributed by atoms with Crippen LogP contribution >= 0.6 is 0 Å². The number of methoxy groups -OCH3 is 2. The maximum absolute atomic E-state index is 10.6. The smallest absolute Gasteiger partial charge is 0.143 e. The van der Waals surface area contributed by atoms with Gasteiger partial charge in [-0.1, -0.05) is 59.8 Å². The molecule has 0 amide bonds. The molecule has 35 heavy (non-hydrogen) atoms. The second-order valence-corrected chi connectivity index (χ2v) is 7.75. The van der Waals surface area contributed by atoms with E-state index in [1.807, 2.05) is 66.7 Å². The van der Waals surface area contributed by atoms with E-state index in [1.54, 1.807) is 31.2 Å². The lowest BCUT2D eigenvalue weighted by Crippen LogP contribution is -2.34. The summed E-state index contributed by atoms with van der Waals surface area (Å²) >= 11 is 0. The molecular weight excluding hydrogens is 442 g/mol. The van der Waals surface area contributed by atoms with Gasteiger partial charge in [-0.15, -0.1) is 5.10 Å². The molecule has 0 aliphatic rings. The van der Waals surface area contributed by atoms with Crippen LogP contribution in [0, 0.1) is 0 Å². The maximum atomic E-state index is 10.6. The number of hydrogen-bond acceptors (Lipinski definition) is 6. The number of ether oxygens (including phenoxy) is 3. The van der Waals surface area contributed by atoms with Crippen LogP contribution in [0.2, 0.25) is 0 Å². The van der Waals surface area contributed by atoms with Gasteiger partial charge in [0, 0.05) is 0 Å². The fourth-order valence-electron chi connectivity index (χ4n) is 4.00. The molecule has 0 aliphatic heterocycles. The topological polar surface area (TPSA) is 75.5 Å². The van der Waals surface area contributed by atoms with E-state index in [0.717, 1.165) is 28.2 Å². The Morgan fingerprint density at radius 3 is 1.94 bits per heavy atom. The van der Waals surface area contributed by atoms with Gasteiger partial charge in [0.1, 0.15) is 29.1 Å². The third-order valence-electron chi connectivity index (χ3n) is 5.71. The summed E-state index contributed by atoms with van der Waals surface area (Å²) in [5.41, 5.74) is 2.63. The first-order valence-electron chi connectivity index (χ1n) is 11.2. The van der Waals surface area contributed by atoms with Crippen LogP contribution in [0.1, 0.15) is 22.4 Å². The number of carbonyl (C=O) groups excluding carboxylic acids is 1. The van der Waals surface area contributed by atoms with E-state index in [2.05, 4.69) is 22.4 Å². The van der Waals surface area contributed by atoms with E-state index < -0.39 is 5.60 Å². The third kappa shape index (κ3) is 5.31. The highest BCUT2D eigenvalue weighted by molar-refractivity contribution is 5.72. The molecule has 0 fully saturated rings. The first-order chi connectivity index (χ1) is 17.2. The van der Waals surface area contributed by atoms with Crippen molar-refractivity contribution in [3.8, 4) is 11.5 Å². The Kier molecular flexibility index (Phi) is 7.70. The van der Waals surface area contributed by atoms with Crippen LogP contribution < -0.4 is 9.47 Å². The second kappa shape index (κ2) is 11.3. The van der Waals surface area contributed by atoms with Crippen LogP contribution in [0.5, 0.6) is 11.5 Å². The number of nitrogens with zero attached hydrogens (tertiary/aromatic N) is 3. The first-order valence-corrected chi connectivity index (χ1v) is 11.2. The van der Waals surface area contributed by atoms with Crippen LogP contribution in [0.3, 0.4) is 0 Å². The van der Waals surface area contributed by atoms with Gasteiger partial charge in [0.05, 0.1) is 33.6 Å². The molecule has 0 bridgehead atoms. The van der Waals surface area contributed by atoms with E-state index >= 15 is 0 Å². The number of allylic oxidation sites excluding steroid dienone is 1. The molecular formula is C28H27N3O4. The molecule has 1 heterocycles. The van der Waals surface area contributed by atoms with Gasteiger partial charge >= 0.3 is 0 Å². The third-order valence-corrected chi connectivity index (χ3v) is 5.71. The molecule has 0 aliphatic carbocycles. The molecule has 7 heteroatoms. The summed E-state index contributed by atoms with van der Waals surface area (Å²) in [6.07, 6.45) is 5.48. The molecule has 1 aromatic heterocycles. The summed E-state index contributed by atoms with van der Waals surface area (Å²) in [4.78, 5) is 10.6. The monoisotopic (exact) mass is 469 g/mol. The van der Waals surface area contributed by atoms with Gasteiger partial charge < -0.3 is 14.2 Å². The largest absolute Gasteiger partial charge is 0.497 e. The minimum atomic E-state index is -0.888. The normalized spacial score (nSPS) is 11.5. The van der Waals surface area contributed by atoms with Crippen molar-refractivity contribution < 1.29 is 19.0 Å². The number of rotatable bonds is 11. The molecule has 0 saturated heterocycles. The predicted molar refractivity (Wildman–Crippen MR) is 133 cm³/mol. The Labute approximate surface area is 204 Å². The second-order valence-electron chi connectivity index (χ2n) is 7.75. The van der Waals surface area contributed by atoms with Crippen LogP contribution in [0.15, 0.2) is 91.1 Å². The summed E-state index contributed by atoms with van der Waals surface area (Å²) in [7, 11) is 3.30. The van der Waals surface area contributed by atoms with Gasteiger partial charge in [-0.25, -0.2) is 4.68 Å². The van der Waals surface area contributed by atoms with E-state index in [0.29, 0.717) is 25.1 Å². The van der Waals surface area contributed by atoms with Crippen molar-refractivity contribution in [1.29, 1.82) is 0 Å². The van der Waals surface area contributed by atoms with Crippen molar-refractivity contribution in [3.63, 3.8) is 0 Å². The van der Waals surface area contributed by atoms with Gasteiger partial charge in [0.2, 0.25) is 0 Å². The minimum absolute atomic E-state index is 0.354. The summed E-state index contributed by atoms with van der Waals surface area (Å²) < 4.78 is 19.3. The van der Waals surface area contributed by atoms with Gasteiger partial charge in [0.15, 0.2) is 0 Å². The molecule has 0 radical (unpaired) electrons. The Balaban J connectivity index is 1.74. The van der Waals surface area contributed by atoms with E-state index in [4.69, 9.17) is 14.2 Å². The summed E-state index contributed by atoms with van der Waals surface area (Å²) in [5, 5.41) is 8.20. The Morgan fingerprint density at radius 1 is 0.829 bits per heavy atom. The molecule has 178 valence electrons. The van der Waals surface area contributed by atoms with Crippen molar-refractivity contribution >= 4 is 12.4 Å². The summed E-state index contributed by atoms with van der Waals surface area (Å²) in [6.45, 7) is 0.829.